The molecular weight excluding hydrogens is 215 g/mol. The molecule has 2 aliphatic rings. The maximum atomic E-state index is 14.1. The second-order valence-electron chi connectivity index (χ2n) is 5.21. The molecule has 0 amide bonds. The molecule has 2 aliphatic heterocycles. The van der Waals surface area contributed by atoms with E-state index in [1.807, 2.05) is 12.1 Å². The summed E-state index contributed by atoms with van der Waals surface area (Å²) < 4.78 is 14.1. The molecule has 0 aromatic heterocycles. The van der Waals surface area contributed by atoms with Crippen molar-refractivity contribution in [1.29, 1.82) is 0 Å². The Morgan fingerprint density at radius 2 is 1.88 bits per heavy atom. The zero-order valence-corrected chi connectivity index (χ0v) is 10.0. The highest BCUT2D eigenvalue weighted by Gasteiger charge is 2.37. The summed E-state index contributed by atoms with van der Waals surface area (Å²) in [4.78, 5) is 2.32. The standard InChI is InChI=1S/C14H19FN2/c15-13-8-10(9-16)4-7-14(13)17-11-2-1-3-12(17)6-5-11/h4,7-8,11-12H,1-3,5-6,9,16H2. The summed E-state index contributed by atoms with van der Waals surface area (Å²) in [6.07, 6.45) is 6.18. The lowest BCUT2D eigenvalue weighted by molar-refractivity contribution is 0.460. The average molecular weight is 234 g/mol. The molecule has 1 aromatic rings. The SMILES string of the molecule is NCc1ccc(N2C3CCCC2CC3)c(F)c1. The Morgan fingerprint density at radius 3 is 2.47 bits per heavy atom. The van der Waals surface area contributed by atoms with Gasteiger partial charge in [-0.05, 0) is 49.8 Å². The lowest BCUT2D eigenvalue weighted by Crippen LogP contribution is -2.40. The first kappa shape index (κ1) is 11.0. The minimum absolute atomic E-state index is 0.105. The highest BCUT2D eigenvalue weighted by Crippen LogP contribution is 2.40. The molecule has 3 heteroatoms. The Kier molecular flexibility index (Phi) is 2.79. The first-order chi connectivity index (χ1) is 8.29. The quantitative estimate of drug-likeness (QED) is 0.852. The van der Waals surface area contributed by atoms with Crippen LogP contribution in [-0.4, -0.2) is 12.1 Å². The molecule has 0 spiro atoms. The van der Waals surface area contributed by atoms with E-state index in [0.29, 0.717) is 18.6 Å². The van der Waals surface area contributed by atoms with Crippen molar-refractivity contribution in [3.63, 3.8) is 0 Å². The van der Waals surface area contributed by atoms with Gasteiger partial charge < -0.3 is 10.6 Å². The average Bonchev–Trinajstić information content (AvgIpc) is 2.59. The Labute approximate surface area is 102 Å². The van der Waals surface area contributed by atoms with Crippen molar-refractivity contribution in [3.05, 3.63) is 29.6 Å². The topological polar surface area (TPSA) is 29.3 Å². The van der Waals surface area contributed by atoms with Crippen molar-refractivity contribution in [3.8, 4) is 0 Å². The third-order valence-electron chi connectivity index (χ3n) is 4.22. The van der Waals surface area contributed by atoms with Crippen molar-refractivity contribution >= 4 is 5.69 Å². The fourth-order valence-electron chi connectivity index (χ4n) is 3.40. The van der Waals surface area contributed by atoms with Crippen LogP contribution >= 0.6 is 0 Å². The number of benzene rings is 1. The molecule has 92 valence electrons. The molecule has 0 radical (unpaired) electrons. The van der Waals surface area contributed by atoms with Gasteiger partial charge in [-0.1, -0.05) is 6.07 Å². The van der Waals surface area contributed by atoms with E-state index in [2.05, 4.69) is 4.90 Å². The largest absolute Gasteiger partial charge is 0.363 e. The number of hydrogen-bond donors (Lipinski definition) is 1. The first-order valence-electron chi connectivity index (χ1n) is 6.56. The zero-order chi connectivity index (χ0) is 11.8. The van der Waals surface area contributed by atoms with Gasteiger partial charge in [-0.25, -0.2) is 4.39 Å². The lowest BCUT2D eigenvalue weighted by Gasteiger charge is -2.37. The summed E-state index contributed by atoms with van der Waals surface area (Å²) in [5, 5.41) is 0. The van der Waals surface area contributed by atoms with Gasteiger partial charge >= 0.3 is 0 Å². The van der Waals surface area contributed by atoms with E-state index in [4.69, 9.17) is 5.73 Å². The van der Waals surface area contributed by atoms with Crippen LogP contribution in [0.1, 0.15) is 37.7 Å². The molecule has 2 nitrogen and oxygen atoms in total. The van der Waals surface area contributed by atoms with Crippen LogP contribution in [0, 0.1) is 5.82 Å². The van der Waals surface area contributed by atoms with Gasteiger partial charge in [0.2, 0.25) is 0 Å². The molecule has 2 N–H and O–H groups in total. The maximum absolute atomic E-state index is 14.1. The van der Waals surface area contributed by atoms with Gasteiger partial charge in [-0.2, -0.15) is 0 Å². The first-order valence-corrected chi connectivity index (χ1v) is 6.56. The number of anilines is 1. The fourth-order valence-corrected chi connectivity index (χ4v) is 3.40. The molecule has 0 saturated carbocycles. The number of hydrogen-bond acceptors (Lipinski definition) is 2. The van der Waals surface area contributed by atoms with Crippen LogP contribution in [-0.2, 0) is 6.54 Å². The Hall–Kier alpha value is -1.09. The summed E-state index contributed by atoms with van der Waals surface area (Å²) >= 11 is 0. The minimum Gasteiger partial charge on any atom is -0.363 e. The molecule has 2 saturated heterocycles. The van der Waals surface area contributed by atoms with Crippen LogP contribution < -0.4 is 10.6 Å². The van der Waals surface area contributed by atoms with Gasteiger partial charge in [0.1, 0.15) is 5.82 Å². The van der Waals surface area contributed by atoms with E-state index in [1.54, 1.807) is 6.07 Å². The highest BCUT2D eigenvalue weighted by atomic mass is 19.1. The van der Waals surface area contributed by atoms with Crippen molar-refractivity contribution in [2.45, 2.75) is 50.7 Å². The van der Waals surface area contributed by atoms with Crippen LogP contribution in [0.3, 0.4) is 0 Å². The normalized spacial score (nSPS) is 27.5. The van der Waals surface area contributed by atoms with E-state index in [-0.39, 0.29) is 5.82 Å². The monoisotopic (exact) mass is 234 g/mol. The number of nitrogens with two attached hydrogens (primary N) is 1. The number of nitrogens with zero attached hydrogens (tertiary/aromatic N) is 1. The molecule has 17 heavy (non-hydrogen) atoms. The molecular formula is C14H19FN2. The molecule has 2 bridgehead atoms. The molecule has 2 atom stereocenters. The van der Waals surface area contributed by atoms with Crippen LogP contribution in [0.5, 0.6) is 0 Å². The molecule has 3 rings (SSSR count). The number of halogens is 1. The van der Waals surface area contributed by atoms with Gasteiger partial charge in [0.05, 0.1) is 5.69 Å². The summed E-state index contributed by atoms with van der Waals surface area (Å²) in [6.45, 7) is 0.407. The predicted octanol–water partition coefficient (Wildman–Crippen LogP) is 2.81. The fraction of sp³-hybridized carbons (Fsp3) is 0.571. The number of rotatable bonds is 2. The van der Waals surface area contributed by atoms with Crippen LogP contribution in [0.25, 0.3) is 0 Å². The van der Waals surface area contributed by atoms with Gasteiger partial charge in [0.15, 0.2) is 0 Å². The third kappa shape index (κ3) is 1.82. The third-order valence-corrected chi connectivity index (χ3v) is 4.22. The summed E-state index contributed by atoms with van der Waals surface area (Å²) in [5.41, 5.74) is 7.19. The smallest absolute Gasteiger partial charge is 0.146 e. The van der Waals surface area contributed by atoms with E-state index < -0.39 is 0 Å². The lowest BCUT2D eigenvalue weighted by atomic mass is 10.0. The minimum atomic E-state index is -0.105. The number of fused-ring (bicyclic) bond motifs is 2. The van der Waals surface area contributed by atoms with E-state index >= 15 is 0 Å². The summed E-state index contributed by atoms with van der Waals surface area (Å²) in [5.74, 6) is -0.105. The second-order valence-corrected chi connectivity index (χ2v) is 5.21. The highest BCUT2D eigenvalue weighted by molar-refractivity contribution is 5.52. The van der Waals surface area contributed by atoms with Crippen molar-refractivity contribution in [1.82, 2.24) is 0 Å². The summed E-state index contributed by atoms with van der Waals surface area (Å²) in [6, 6.07) is 6.57. The molecule has 2 unspecified atom stereocenters. The van der Waals surface area contributed by atoms with Gasteiger partial charge in [-0.15, -0.1) is 0 Å². The second kappa shape index (κ2) is 4.30. The maximum Gasteiger partial charge on any atom is 0.146 e. The predicted molar refractivity (Wildman–Crippen MR) is 67.4 cm³/mol. The molecule has 2 fully saturated rings. The summed E-state index contributed by atoms with van der Waals surface area (Å²) in [7, 11) is 0. The van der Waals surface area contributed by atoms with E-state index in [1.165, 1.54) is 32.1 Å². The van der Waals surface area contributed by atoms with Crippen molar-refractivity contribution in [2.75, 3.05) is 4.90 Å². The van der Waals surface area contributed by atoms with Crippen LogP contribution in [0.15, 0.2) is 18.2 Å². The van der Waals surface area contributed by atoms with Crippen LogP contribution in [0.2, 0.25) is 0 Å². The Morgan fingerprint density at radius 1 is 1.18 bits per heavy atom. The van der Waals surface area contributed by atoms with Crippen molar-refractivity contribution < 1.29 is 4.39 Å². The van der Waals surface area contributed by atoms with Gasteiger partial charge in [-0.3, -0.25) is 0 Å². The molecule has 0 aliphatic carbocycles. The molecule has 1 aromatic carbocycles. The van der Waals surface area contributed by atoms with Crippen LogP contribution in [0.4, 0.5) is 10.1 Å². The Balaban J connectivity index is 1.93. The molecule has 2 heterocycles. The van der Waals surface area contributed by atoms with Gasteiger partial charge in [0.25, 0.3) is 0 Å². The number of piperidine rings is 1. The zero-order valence-electron chi connectivity index (χ0n) is 10.0. The Bertz CT molecular complexity index is 403. The van der Waals surface area contributed by atoms with E-state index in [9.17, 15) is 4.39 Å². The van der Waals surface area contributed by atoms with Gasteiger partial charge in [0, 0.05) is 18.6 Å². The van der Waals surface area contributed by atoms with Crippen molar-refractivity contribution in [2.24, 2.45) is 5.73 Å². The van der Waals surface area contributed by atoms with E-state index in [0.717, 1.165) is 11.3 Å².